The van der Waals surface area contributed by atoms with Gasteiger partial charge in [-0.2, -0.15) is 0 Å². The molecule has 1 aromatic rings. The van der Waals surface area contributed by atoms with Crippen LogP contribution in [0.25, 0.3) is 0 Å². The van der Waals surface area contributed by atoms with Gasteiger partial charge in [-0.05, 0) is 18.2 Å². The summed E-state index contributed by atoms with van der Waals surface area (Å²) in [4.78, 5) is 9.00. The lowest BCUT2D eigenvalue weighted by Gasteiger charge is -1.98. The molecule has 1 aromatic carbocycles. The normalized spacial score (nSPS) is 8.79. The van der Waals surface area contributed by atoms with Crippen molar-refractivity contribution in [2.45, 2.75) is 12.8 Å². The van der Waals surface area contributed by atoms with Gasteiger partial charge in [-0.15, -0.1) is 11.6 Å². The van der Waals surface area contributed by atoms with E-state index in [2.05, 4.69) is 0 Å². The zero-order chi connectivity index (χ0) is 11.1. The summed E-state index contributed by atoms with van der Waals surface area (Å²) in [6, 6.07) is 4.79. The largest absolute Gasteiger partial charge is 0.508 e. The monoisotopic (exact) mass is 236 g/mol. The number of aliphatic carboxylic acids is 1. The van der Waals surface area contributed by atoms with Crippen molar-refractivity contribution in [2.75, 3.05) is 0 Å². The maximum absolute atomic E-state index is 9.09. The molecule has 0 saturated carbocycles. The Morgan fingerprint density at radius 3 is 2.36 bits per heavy atom. The third-order valence-electron chi connectivity index (χ3n) is 1.19. The van der Waals surface area contributed by atoms with E-state index in [1.807, 2.05) is 0 Å². The average Bonchev–Trinajstić information content (AvgIpc) is 2.08. The molecule has 0 aliphatic rings. The zero-order valence-electron chi connectivity index (χ0n) is 7.50. The summed E-state index contributed by atoms with van der Waals surface area (Å²) < 4.78 is 0. The fourth-order valence-electron chi connectivity index (χ4n) is 0.661. The minimum atomic E-state index is -0.833. The predicted molar refractivity (Wildman–Crippen MR) is 56.0 cm³/mol. The van der Waals surface area contributed by atoms with Crippen LogP contribution in [0.5, 0.6) is 5.75 Å². The van der Waals surface area contributed by atoms with Gasteiger partial charge < -0.3 is 10.2 Å². The van der Waals surface area contributed by atoms with E-state index in [1.165, 1.54) is 6.07 Å². The number of rotatable bonds is 1. The Kier molecular flexibility index (Phi) is 6.08. The number of carboxylic acids is 1. The first-order valence-electron chi connectivity index (χ1n) is 3.70. The minimum absolute atomic E-state index is 0.194. The summed E-state index contributed by atoms with van der Waals surface area (Å²) in [7, 11) is 0. The van der Waals surface area contributed by atoms with Crippen LogP contribution in [0, 0.1) is 0 Å². The number of carbonyl (C=O) groups is 1. The highest BCUT2D eigenvalue weighted by Crippen LogP contribution is 2.22. The molecule has 0 spiro atoms. The molecular weight excluding hydrogens is 227 g/mol. The molecule has 0 heterocycles. The second kappa shape index (κ2) is 6.51. The number of hydrogen-bond acceptors (Lipinski definition) is 2. The Morgan fingerprint density at radius 1 is 1.50 bits per heavy atom. The lowest BCUT2D eigenvalue weighted by molar-refractivity contribution is -0.134. The van der Waals surface area contributed by atoms with E-state index in [4.69, 9.17) is 38.2 Å². The van der Waals surface area contributed by atoms with Crippen molar-refractivity contribution in [3.63, 3.8) is 0 Å². The fraction of sp³-hybridized carbons (Fsp3) is 0.222. The van der Waals surface area contributed by atoms with Crippen LogP contribution in [0.4, 0.5) is 0 Å². The van der Waals surface area contributed by atoms with E-state index in [-0.39, 0.29) is 11.6 Å². The number of aromatic hydroxyl groups is 1. The molecule has 0 amide bonds. The van der Waals surface area contributed by atoms with Crippen LogP contribution < -0.4 is 0 Å². The van der Waals surface area contributed by atoms with Gasteiger partial charge in [0.1, 0.15) is 5.75 Å². The SMILES string of the molecule is CC(=O)O.Oc1ccc(Cl)cc1CCl. The Morgan fingerprint density at radius 2 is 2.00 bits per heavy atom. The van der Waals surface area contributed by atoms with Crippen LogP contribution in [0.15, 0.2) is 18.2 Å². The first kappa shape index (κ1) is 13.1. The molecule has 0 atom stereocenters. The molecule has 0 aromatic heterocycles. The van der Waals surface area contributed by atoms with Crippen LogP contribution in [-0.4, -0.2) is 16.2 Å². The number of halogens is 2. The fourth-order valence-corrected chi connectivity index (χ4v) is 1.07. The maximum Gasteiger partial charge on any atom is 0.300 e. The third kappa shape index (κ3) is 5.67. The first-order chi connectivity index (χ1) is 6.47. The summed E-state index contributed by atoms with van der Waals surface area (Å²) in [5.41, 5.74) is 0.661. The molecule has 0 saturated heterocycles. The Bertz CT molecular complexity index is 309. The number of hydrogen-bond donors (Lipinski definition) is 2. The van der Waals surface area contributed by atoms with Gasteiger partial charge in [0.2, 0.25) is 0 Å². The van der Waals surface area contributed by atoms with Crippen LogP contribution in [0.3, 0.4) is 0 Å². The summed E-state index contributed by atoms with van der Waals surface area (Å²) >= 11 is 11.1. The van der Waals surface area contributed by atoms with Gasteiger partial charge in [0.05, 0.1) is 5.88 Å². The minimum Gasteiger partial charge on any atom is -0.508 e. The highest BCUT2D eigenvalue weighted by Gasteiger charge is 1.98. The number of carboxylic acid groups (broad SMARTS) is 1. The van der Waals surface area contributed by atoms with E-state index in [0.29, 0.717) is 10.6 Å². The van der Waals surface area contributed by atoms with Crippen molar-refractivity contribution < 1.29 is 15.0 Å². The van der Waals surface area contributed by atoms with E-state index in [9.17, 15) is 0 Å². The lowest BCUT2D eigenvalue weighted by Crippen LogP contribution is -1.78. The van der Waals surface area contributed by atoms with Crippen molar-refractivity contribution in [2.24, 2.45) is 0 Å². The van der Waals surface area contributed by atoms with Crippen LogP contribution in [-0.2, 0) is 10.7 Å². The standard InChI is InChI=1S/C7H6Cl2O.C2H4O2/c8-4-5-3-6(9)1-2-7(5)10;1-2(3)4/h1-3,10H,4H2;1H3,(H,3,4). The molecule has 14 heavy (non-hydrogen) atoms. The first-order valence-corrected chi connectivity index (χ1v) is 4.61. The zero-order valence-corrected chi connectivity index (χ0v) is 9.01. The molecule has 0 aliphatic carbocycles. The smallest absolute Gasteiger partial charge is 0.300 e. The molecule has 2 N–H and O–H groups in total. The van der Waals surface area contributed by atoms with E-state index >= 15 is 0 Å². The number of alkyl halides is 1. The highest BCUT2D eigenvalue weighted by atomic mass is 35.5. The van der Waals surface area contributed by atoms with Crippen molar-refractivity contribution in [3.8, 4) is 5.75 Å². The lowest BCUT2D eigenvalue weighted by atomic mass is 10.2. The third-order valence-corrected chi connectivity index (χ3v) is 1.71. The summed E-state index contributed by atoms with van der Waals surface area (Å²) in [6.45, 7) is 1.08. The quantitative estimate of drug-likeness (QED) is 0.738. The van der Waals surface area contributed by atoms with E-state index in [1.54, 1.807) is 12.1 Å². The van der Waals surface area contributed by atoms with Crippen molar-refractivity contribution in [1.82, 2.24) is 0 Å². The Balaban J connectivity index is 0.000000364. The predicted octanol–water partition coefficient (Wildman–Crippen LogP) is 2.88. The molecule has 5 heteroatoms. The van der Waals surface area contributed by atoms with Gasteiger partial charge in [-0.3, -0.25) is 4.79 Å². The molecule has 0 bridgehead atoms. The second-order valence-corrected chi connectivity index (χ2v) is 3.13. The van der Waals surface area contributed by atoms with Crippen molar-refractivity contribution in [1.29, 1.82) is 0 Å². The van der Waals surface area contributed by atoms with E-state index < -0.39 is 5.97 Å². The van der Waals surface area contributed by atoms with Crippen LogP contribution in [0.1, 0.15) is 12.5 Å². The van der Waals surface area contributed by atoms with Gasteiger partial charge >= 0.3 is 0 Å². The summed E-state index contributed by atoms with van der Waals surface area (Å²) in [5.74, 6) is -0.355. The maximum atomic E-state index is 9.09. The Labute approximate surface area is 91.9 Å². The highest BCUT2D eigenvalue weighted by molar-refractivity contribution is 6.30. The topological polar surface area (TPSA) is 57.5 Å². The number of phenolic OH excluding ortho intramolecular Hbond substituents is 1. The molecule has 0 fully saturated rings. The van der Waals surface area contributed by atoms with Gasteiger partial charge in [-0.25, -0.2) is 0 Å². The van der Waals surface area contributed by atoms with Gasteiger partial charge in [0, 0.05) is 17.5 Å². The van der Waals surface area contributed by atoms with Gasteiger partial charge in [0.25, 0.3) is 5.97 Å². The molecule has 0 aliphatic heterocycles. The van der Waals surface area contributed by atoms with Crippen LogP contribution in [0.2, 0.25) is 5.02 Å². The van der Waals surface area contributed by atoms with Crippen molar-refractivity contribution in [3.05, 3.63) is 28.8 Å². The molecule has 1 rings (SSSR count). The van der Waals surface area contributed by atoms with E-state index in [0.717, 1.165) is 6.92 Å². The number of phenols is 1. The van der Waals surface area contributed by atoms with Gasteiger partial charge in [-0.1, -0.05) is 11.6 Å². The van der Waals surface area contributed by atoms with Crippen molar-refractivity contribution >= 4 is 29.2 Å². The molecule has 78 valence electrons. The molecule has 3 nitrogen and oxygen atoms in total. The molecular formula is C9H10Cl2O3. The van der Waals surface area contributed by atoms with Gasteiger partial charge in [0.15, 0.2) is 0 Å². The van der Waals surface area contributed by atoms with Crippen LogP contribution >= 0.6 is 23.2 Å². The summed E-state index contributed by atoms with van der Waals surface area (Å²) in [6.07, 6.45) is 0. The molecule has 0 unspecified atom stereocenters. The Hall–Kier alpha value is -0.930. The average molecular weight is 237 g/mol. The summed E-state index contributed by atoms with van der Waals surface area (Å²) in [5, 5.41) is 17.1. The number of benzene rings is 1. The molecule has 0 radical (unpaired) electrons. The second-order valence-electron chi connectivity index (χ2n) is 2.43.